The second-order valence-corrected chi connectivity index (χ2v) is 6.78. The molecule has 1 amide bonds. The van der Waals surface area contributed by atoms with E-state index in [4.69, 9.17) is 9.15 Å². The van der Waals surface area contributed by atoms with Gasteiger partial charge in [0.05, 0.1) is 6.54 Å². The molecule has 0 aliphatic carbocycles. The lowest BCUT2D eigenvalue weighted by Crippen LogP contribution is -2.31. The van der Waals surface area contributed by atoms with Crippen LogP contribution in [0, 0.1) is 6.92 Å². The van der Waals surface area contributed by atoms with Crippen molar-refractivity contribution in [3.05, 3.63) is 64.5 Å². The molecule has 134 valence electrons. The molecule has 1 aromatic heterocycles. The molecule has 0 radical (unpaired) electrons. The van der Waals surface area contributed by atoms with E-state index in [0.29, 0.717) is 17.5 Å². The van der Waals surface area contributed by atoms with Crippen LogP contribution in [0.1, 0.15) is 11.5 Å². The molecule has 0 spiro atoms. The molecule has 0 saturated carbocycles. The standard InChI is InChI=1S/C19H18BrN3O3/c1-13-3-5-14(6-4-13)19-22-21-17(26-19)11-23(2)18(24)12-25-16-9-7-15(20)8-10-16/h3-10H,11-12H2,1-2H3. The van der Waals surface area contributed by atoms with Crippen LogP contribution in [-0.2, 0) is 11.3 Å². The fourth-order valence-corrected chi connectivity index (χ4v) is 2.47. The van der Waals surface area contributed by atoms with Gasteiger partial charge in [-0.05, 0) is 43.3 Å². The lowest BCUT2D eigenvalue weighted by Gasteiger charge is -2.15. The highest BCUT2D eigenvalue weighted by molar-refractivity contribution is 9.10. The zero-order valence-electron chi connectivity index (χ0n) is 14.5. The highest BCUT2D eigenvalue weighted by atomic mass is 79.9. The van der Waals surface area contributed by atoms with Gasteiger partial charge in [0, 0.05) is 17.1 Å². The fraction of sp³-hybridized carbons (Fsp3) is 0.211. The number of benzene rings is 2. The minimum atomic E-state index is -0.178. The van der Waals surface area contributed by atoms with Gasteiger partial charge in [0.2, 0.25) is 11.8 Å². The summed E-state index contributed by atoms with van der Waals surface area (Å²) in [5, 5.41) is 8.05. The second-order valence-electron chi connectivity index (χ2n) is 5.86. The van der Waals surface area contributed by atoms with Crippen molar-refractivity contribution in [3.8, 4) is 17.2 Å². The molecule has 3 aromatic rings. The maximum atomic E-state index is 12.2. The number of halogens is 1. The summed E-state index contributed by atoms with van der Waals surface area (Å²) in [7, 11) is 1.67. The molecular formula is C19H18BrN3O3. The first-order valence-electron chi connectivity index (χ1n) is 8.03. The highest BCUT2D eigenvalue weighted by Gasteiger charge is 2.15. The molecular weight excluding hydrogens is 398 g/mol. The minimum absolute atomic E-state index is 0.0584. The van der Waals surface area contributed by atoms with Crippen LogP contribution in [0.5, 0.6) is 5.75 Å². The topological polar surface area (TPSA) is 68.5 Å². The number of likely N-dealkylation sites (N-methyl/N-ethyl adjacent to an activating group) is 1. The van der Waals surface area contributed by atoms with E-state index in [0.717, 1.165) is 15.6 Å². The van der Waals surface area contributed by atoms with E-state index in [-0.39, 0.29) is 19.1 Å². The Morgan fingerprint density at radius 1 is 1.12 bits per heavy atom. The predicted molar refractivity (Wildman–Crippen MR) is 101 cm³/mol. The quantitative estimate of drug-likeness (QED) is 0.611. The Labute approximate surface area is 159 Å². The number of hydrogen-bond donors (Lipinski definition) is 0. The maximum Gasteiger partial charge on any atom is 0.260 e. The molecule has 1 heterocycles. The molecule has 0 fully saturated rings. The number of amides is 1. The van der Waals surface area contributed by atoms with E-state index in [9.17, 15) is 4.79 Å². The molecule has 2 aromatic carbocycles. The van der Waals surface area contributed by atoms with Crippen LogP contribution in [-0.4, -0.2) is 34.7 Å². The molecule has 26 heavy (non-hydrogen) atoms. The Kier molecular flexibility index (Phi) is 5.68. The van der Waals surface area contributed by atoms with Gasteiger partial charge in [-0.1, -0.05) is 33.6 Å². The Morgan fingerprint density at radius 3 is 2.50 bits per heavy atom. The number of nitrogens with zero attached hydrogens (tertiary/aromatic N) is 3. The Morgan fingerprint density at radius 2 is 1.81 bits per heavy atom. The molecule has 0 atom stereocenters. The Balaban J connectivity index is 1.55. The molecule has 0 unspecified atom stereocenters. The summed E-state index contributed by atoms with van der Waals surface area (Å²) < 4.78 is 12.1. The number of aryl methyl sites for hydroxylation is 1. The summed E-state index contributed by atoms with van der Waals surface area (Å²) in [6, 6.07) is 15.1. The summed E-state index contributed by atoms with van der Waals surface area (Å²) in [6.07, 6.45) is 0. The third-order valence-electron chi connectivity index (χ3n) is 3.74. The SMILES string of the molecule is Cc1ccc(-c2nnc(CN(C)C(=O)COc3ccc(Br)cc3)o2)cc1. The number of carbonyl (C=O) groups is 1. The fourth-order valence-electron chi connectivity index (χ4n) is 2.21. The van der Waals surface area contributed by atoms with Crippen molar-refractivity contribution in [2.24, 2.45) is 0 Å². The third kappa shape index (κ3) is 4.70. The maximum absolute atomic E-state index is 12.2. The van der Waals surface area contributed by atoms with Gasteiger partial charge < -0.3 is 14.1 Å². The van der Waals surface area contributed by atoms with Crippen molar-refractivity contribution in [2.75, 3.05) is 13.7 Å². The van der Waals surface area contributed by atoms with Gasteiger partial charge in [-0.3, -0.25) is 4.79 Å². The minimum Gasteiger partial charge on any atom is -0.484 e. The lowest BCUT2D eigenvalue weighted by molar-refractivity contribution is -0.132. The van der Waals surface area contributed by atoms with Gasteiger partial charge in [-0.15, -0.1) is 10.2 Å². The first-order valence-corrected chi connectivity index (χ1v) is 8.82. The van der Waals surface area contributed by atoms with E-state index >= 15 is 0 Å². The van der Waals surface area contributed by atoms with Gasteiger partial charge in [-0.25, -0.2) is 0 Å². The van der Waals surface area contributed by atoms with Gasteiger partial charge in [-0.2, -0.15) is 0 Å². The van der Waals surface area contributed by atoms with Crippen molar-refractivity contribution in [1.29, 1.82) is 0 Å². The number of ether oxygens (including phenoxy) is 1. The number of rotatable bonds is 6. The molecule has 0 bridgehead atoms. The monoisotopic (exact) mass is 415 g/mol. The van der Waals surface area contributed by atoms with Crippen LogP contribution in [0.4, 0.5) is 0 Å². The lowest BCUT2D eigenvalue weighted by atomic mass is 10.1. The molecule has 7 heteroatoms. The summed E-state index contributed by atoms with van der Waals surface area (Å²) in [5.41, 5.74) is 2.01. The molecule has 0 N–H and O–H groups in total. The van der Waals surface area contributed by atoms with E-state index in [1.54, 1.807) is 19.2 Å². The molecule has 6 nitrogen and oxygen atoms in total. The zero-order chi connectivity index (χ0) is 18.5. The van der Waals surface area contributed by atoms with Crippen LogP contribution in [0.3, 0.4) is 0 Å². The van der Waals surface area contributed by atoms with Crippen molar-refractivity contribution in [1.82, 2.24) is 15.1 Å². The van der Waals surface area contributed by atoms with Crippen molar-refractivity contribution in [2.45, 2.75) is 13.5 Å². The Bertz CT molecular complexity index is 876. The number of carbonyl (C=O) groups excluding carboxylic acids is 1. The smallest absolute Gasteiger partial charge is 0.260 e. The average molecular weight is 416 g/mol. The third-order valence-corrected chi connectivity index (χ3v) is 4.27. The first kappa shape index (κ1) is 18.1. The van der Waals surface area contributed by atoms with E-state index in [1.165, 1.54) is 4.90 Å². The summed E-state index contributed by atoms with van der Waals surface area (Å²) in [4.78, 5) is 13.7. The zero-order valence-corrected chi connectivity index (χ0v) is 16.1. The van der Waals surface area contributed by atoms with Gasteiger partial charge >= 0.3 is 0 Å². The normalized spacial score (nSPS) is 10.6. The van der Waals surface area contributed by atoms with Crippen LogP contribution in [0.25, 0.3) is 11.5 Å². The van der Waals surface area contributed by atoms with Crippen LogP contribution in [0.15, 0.2) is 57.4 Å². The van der Waals surface area contributed by atoms with Gasteiger partial charge in [0.1, 0.15) is 5.75 Å². The molecule has 0 aliphatic heterocycles. The highest BCUT2D eigenvalue weighted by Crippen LogP contribution is 2.19. The first-order chi connectivity index (χ1) is 12.5. The Hall–Kier alpha value is -2.67. The average Bonchev–Trinajstić information content (AvgIpc) is 3.10. The molecule has 0 saturated heterocycles. The van der Waals surface area contributed by atoms with E-state index in [1.807, 2.05) is 43.3 Å². The van der Waals surface area contributed by atoms with Crippen molar-refractivity contribution in [3.63, 3.8) is 0 Å². The van der Waals surface area contributed by atoms with Crippen LogP contribution < -0.4 is 4.74 Å². The van der Waals surface area contributed by atoms with Gasteiger partial charge in [0.25, 0.3) is 5.91 Å². The van der Waals surface area contributed by atoms with E-state index < -0.39 is 0 Å². The number of hydrogen-bond acceptors (Lipinski definition) is 5. The summed E-state index contributed by atoms with van der Waals surface area (Å²) >= 11 is 3.35. The summed E-state index contributed by atoms with van der Waals surface area (Å²) in [6.45, 7) is 2.18. The van der Waals surface area contributed by atoms with Crippen LogP contribution in [0.2, 0.25) is 0 Å². The van der Waals surface area contributed by atoms with Crippen LogP contribution >= 0.6 is 15.9 Å². The van der Waals surface area contributed by atoms with E-state index in [2.05, 4.69) is 26.1 Å². The molecule has 3 rings (SSSR count). The second kappa shape index (κ2) is 8.14. The largest absolute Gasteiger partial charge is 0.484 e. The predicted octanol–water partition coefficient (Wildman–Crippen LogP) is 3.84. The molecule has 0 aliphatic rings. The van der Waals surface area contributed by atoms with Gasteiger partial charge in [0.15, 0.2) is 6.61 Å². The van der Waals surface area contributed by atoms with Crippen molar-refractivity contribution >= 4 is 21.8 Å². The number of aromatic nitrogens is 2. The van der Waals surface area contributed by atoms with Crippen molar-refractivity contribution < 1.29 is 13.9 Å². The summed E-state index contributed by atoms with van der Waals surface area (Å²) in [5.74, 6) is 1.27.